The molecule has 0 bridgehead atoms. The van der Waals surface area contributed by atoms with Gasteiger partial charge < -0.3 is 29.2 Å². The predicted octanol–water partition coefficient (Wildman–Crippen LogP) is 3.89. The Morgan fingerprint density at radius 3 is 2.58 bits per heavy atom. The second-order valence-electron chi connectivity index (χ2n) is 13.1. The van der Waals surface area contributed by atoms with Crippen LogP contribution in [0.5, 0.6) is 0 Å². The summed E-state index contributed by atoms with van der Waals surface area (Å²) < 4.78 is 14.2. The number of aromatic nitrogens is 2. The highest BCUT2D eigenvalue weighted by Gasteiger charge is 2.53. The van der Waals surface area contributed by atoms with Crippen molar-refractivity contribution in [2.45, 2.75) is 103 Å². The third kappa shape index (κ3) is 6.59. The van der Waals surface area contributed by atoms with Gasteiger partial charge in [0.05, 0.1) is 53.1 Å². The minimum Gasteiger partial charge on any atom is -0.457 e. The Labute approximate surface area is 237 Å². The van der Waals surface area contributed by atoms with Gasteiger partial charge >= 0.3 is 5.97 Å². The first kappa shape index (κ1) is 30.6. The van der Waals surface area contributed by atoms with E-state index in [4.69, 9.17) is 9.47 Å². The molecule has 4 rings (SSSR count). The molecule has 0 amide bonds. The Kier molecular flexibility index (Phi) is 9.10. The number of cyclic esters (lactones) is 1. The molecule has 7 atom stereocenters. The smallest absolute Gasteiger partial charge is 0.309 e. The number of fused-ring (bicyclic) bond motifs is 2. The van der Waals surface area contributed by atoms with Gasteiger partial charge in [-0.2, -0.15) is 0 Å². The topological polar surface area (TPSA) is 117 Å². The first-order valence-corrected chi connectivity index (χ1v) is 14.6. The standard InChI is InChI=1S/C31H47N3O6/c1-19-9-8-12-31(5)26(40-31)16-24(21-10-11-23-22(15-21)32-18-34(23)14-13-33(6)7)39-27(36)17-25(35)30(3,4)29(38)20(2)28(19)37/h10-11,15,18-20,24-26,28,35,37H,8-9,12-14,16-17H2,1-7H3. The SMILES string of the molecule is CC1CCCC2(C)OC2CC(c2ccc3c(c2)ncn3CCN(C)C)OC(=O)CC(O)C(C)(C)C(=O)C(C)C1O. The van der Waals surface area contributed by atoms with Gasteiger partial charge in [0.1, 0.15) is 11.9 Å². The highest BCUT2D eigenvalue weighted by molar-refractivity contribution is 5.88. The second-order valence-corrected chi connectivity index (χ2v) is 13.1. The number of hydrogen-bond acceptors (Lipinski definition) is 8. The van der Waals surface area contributed by atoms with E-state index in [0.717, 1.165) is 48.9 Å². The Hall–Kier alpha value is -2.33. The summed E-state index contributed by atoms with van der Waals surface area (Å²) in [6.45, 7) is 10.7. The van der Waals surface area contributed by atoms with Crippen LogP contribution in [-0.4, -0.2) is 81.0 Å². The van der Waals surface area contributed by atoms with Gasteiger partial charge in [-0.1, -0.05) is 40.2 Å². The van der Waals surface area contributed by atoms with Crippen LogP contribution >= 0.6 is 0 Å². The molecule has 1 aromatic carbocycles. The number of nitrogens with zero attached hydrogens (tertiary/aromatic N) is 3. The number of ether oxygens (including phenoxy) is 2. The minimum absolute atomic E-state index is 0.0753. The van der Waals surface area contributed by atoms with Crippen molar-refractivity contribution in [1.82, 2.24) is 14.5 Å². The molecule has 7 unspecified atom stereocenters. The molecule has 0 radical (unpaired) electrons. The van der Waals surface area contributed by atoms with Gasteiger partial charge in [0.2, 0.25) is 0 Å². The number of Topliss-reactive ketones (excluding diaryl/α,β-unsaturated/α-hetero) is 1. The van der Waals surface area contributed by atoms with Crippen molar-refractivity contribution in [3.05, 3.63) is 30.1 Å². The number of carbonyl (C=O) groups is 2. The van der Waals surface area contributed by atoms with E-state index in [0.29, 0.717) is 6.42 Å². The van der Waals surface area contributed by atoms with Crippen LogP contribution in [0.4, 0.5) is 0 Å². The van der Waals surface area contributed by atoms with Crippen LogP contribution in [0, 0.1) is 17.3 Å². The number of benzene rings is 1. The fourth-order valence-corrected chi connectivity index (χ4v) is 5.99. The van der Waals surface area contributed by atoms with E-state index in [1.54, 1.807) is 20.8 Å². The zero-order chi connectivity index (χ0) is 29.4. The normalized spacial score (nSPS) is 34.0. The molecule has 9 nitrogen and oxygen atoms in total. The van der Waals surface area contributed by atoms with Crippen LogP contribution in [0.15, 0.2) is 24.5 Å². The lowest BCUT2D eigenvalue weighted by molar-refractivity contribution is -0.156. The van der Waals surface area contributed by atoms with E-state index >= 15 is 0 Å². The minimum atomic E-state index is -1.25. The van der Waals surface area contributed by atoms with Crippen molar-refractivity contribution >= 4 is 22.8 Å². The molecule has 2 saturated heterocycles. The molecule has 40 heavy (non-hydrogen) atoms. The third-order valence-corrected chi connectivity index (χ3v) is 9.21. The monoisotopic (exact) mass is 557 g/mol. The first-order valence-electron chi connectivity index (χ1n) is 14.6. The van der Waals surface area contributed by atoms with Crippen LogP contribution in [0.25, 0.3) is 11.0 Å². The maximum absolute atomic E-state index is 13.3. The number of rotatable bonds is 4. The van der Waals surface area contributed by atoms with Crippen molar-refractivity contribution < 1.29 is 29.3 Å². The fraction of sp³-hybridized carbons (Fsp3) is 0.710. The molecule has 0 saturated carbocycles. The van der Waals surface area contributed by atoms with Gasteiger partial charge in [-0.15, -0.1) is 0 Å². The van der Waals surface area contributed by atoms with Crippen molar-refractivity contribution in [3.63, 3.8) is 0 Å². The zero-order valence-corrected chi connectivity index (χ0v) is 25.1. The number of aliphatic hydroxyl groups is 2. The average molecular weight is 558 g/mol. The first-order chi connectivity index (χ1) is 18.7. The predicted molar refractivity (Wildman–Crippen MR) is 153 cm³/mol. The van der Waals surface area contributed by atoms with Crippen molar-refractivity contribution in [2.75, 3.05) is 20.6 Å². The Balaban J connectivity index is 1.60. The molecule has 0 aliphatic carbocycles. The van der Waals surface area contributed by atoms with Crippen molar-refractivity contribution in [2.24, 2.45) is 17.3 Å². The molecule has 2 fully saturated rings. The van der Waals surface area contributed by atoms with E-state index in [9.17, 15) is 19.8 Å². The second kappa shape index (κ2) is 11.9. The zero-order valence-electron chi connectivity index (χ0n) is 25.1. The number of carbonyl (C=O) groups excluding carboxylic acids is 2. The van der Waals surface area contributed by atoms with E-state index in [1.165, 1.54) is 0 Å². The third-order valence-electron chi connectivity index (χ3n) is 9.21. The lowest BCUT2D eigenvalue weighted by Gasteiger charge is -2.34. The molecule has 2 N–H and O–H groups in total. The molecule has 2 aliphatic heterocycles. The number of hydrogen-bond donors (Lipinski definition) is 2. The van der Waals surface area contributed by atoms with Crippen LogP contribution in [-0.2, 0) is 25.6 Å². The summed E-state index contributed by atoms with van der Waals surface area (Å²) in [4.78, 5) is 33.2. The van der Waals surface area contributed by atoms with E-state index < -0.39 is 35.6 Å². The molecular formula is C31H47N3O6. The maximum Gasteiger partial charge on any atom is 0.309 e. The van der Waals surface area contributed by atoms with Crippen LogP contribution in [0.1, 0.15) is 78.4 Å². The van der Waals surface area contributed by atoms with Crippen LogP contribution < -0.4 is 0 Å². The highest BCUT2D eigenvalue weighted by Crippen LogP contribution is 2.46. The number of epoxide rings is 1. The van der Waals surface area contributed by atoms with Crippen LogP contribution in [0.3, 0.4) is 0 Å². The Morgan fingerprint density at radius 1 is 1.15 bits per heavy atom. The van der Waals surface area contributed by atoms with Gasteiger partial charge in [-0.05, 0) is 57.5 Å². The highest BCUT2D eigenvalue weighted by atomic mass is 16.6. The van der Waals surface area contributed by atoms with Crippen LogP contribution in [0.2, 0.25) is 0 Å². The number of likely N-dealkylation sites (N-methyl/N-ethyl adjacent to an activating group) is 1. The fourth-order valence-electron chi connectivity index (χ4n) is 5.99. The van der Waals surface area contributed by atoms with E-state index in [1.807, 2.05) is 45.5 Å². The van der Waals surface area contributed by atoms with Gasteiger partial charge in [-0.25, -0.2) is 4.98 Å². The quantitative estimate of drug-likeness (QED) is 0.430. The lowest BCUT2D eigenvalue weighted by Crippen LogP contribution is -2.45. The van der Waals surface area contributed by atoms with E-state index in [2.05, 4.69) is 21.4 Å². The largest absolute Gasteiger partial charge is 0.457 e. The molecule has 222 valence electrons. The summed E-state index contributed by atoms with van der Waals surface area (Å²) in [7, 11) is 4.07. The summed E-state index contributed by atoms with van der Waals surface area (Å²) in [6, 6.07) is 5.95. The Bertz CT molecular complexity index is 1210. The molecule has 3 heterocycles. The molecule has 2 aliphatic rings. The summed E-state index contributed by atoms with van der Waals surface area (Å²) in [5, 5.41) is 21.9. The maximum atomic E-state index is 13.3. The number of esters is 1. The number of aliphatic hydroxyl groups excluding tert-OH is 2. The Morgan fingerprint density at radius 2 is 1.88 bits per heavy atom. The summed E-state index contributed by atoms with van der Waals surface area (Å²) in [5.41, 5.74) is 1.12. The van der Waals surface area contributed by atoms with Gasteiger partial charge in [0.15, 0.2) is 0 Å². The van der Waals surface area contributed by atoms with Gasteiger partial charge in [0.25, 0.3) is 0 Å². The number of ketones is 1. The summed E-state index contributed by atoms with van der Waals surface area (Å²) >= 11 is 0. The summed E-state index contributed by atoms with van der Waals surface area (Å²) in [6.07, 6.45) is 1.70. The lowest BCUT2D eigenvalue weighted by atomic mass is 9.73. The molecule has 1 aromatic heterocycles. The van der Waals surface area contributed by atoms with Crippen molar-refractivity contribution in [3.8, 4) is 0 Å². The molecule has 0 spiro atoms. The van der Waals surface area contributed by atoms with Gasteiger partial charge in [0, 0.05) is 25.4 Å². The van der Waals surface area contributed by atoms with Gasteiger partial charge in [-0.3, -0.25) is 9.59 Å². The average Bonchev–Trinajstić information content (AvgIpc) is 3.34. The molecule has 9 heteroatoms. The molecule has 2 aromatic rings. The molecular weight excluding hydrogens is 510 g/mol. The van der Waals surface area contributed by atoms with E-state index in [-0.39, 0.29) is 29.8 Å². The number of imidazole rings is 1. The summed E-state index contributed by atoms with van der Waals surface area (Å²) in [5.74, 6) is -1.58. The van der Waals surface area contributed by atoms with Crippen molar-refractivity contribution in [1.29, 1.82) is 0 Å².